The lowest BCUT2D eigenvalue weighted by atomic mass is 9.90. The minimum absolute atomic E-state index is 0.120. The van der Waals surface area contributed by atoms with Gasteiger partial charge in [-0.25, -0.2) is 0 Å². The Kier molecular flexibility index (Phi) is 4.34. The molecule has 0 spiro atoms. The number of carbonyl (C=O) groups excluding carboxylic acids is 2. The van der Waals surface area contributed by atoms with Crippen molar-refractivity contribution in [2.45, 2.75) is 26.8 Å². The normalized spacial score (nSPS) is 18.4. The number of fused-ring (bicyclic) bond motifs is 1. The van der Waals surface area contributed by atoms with Crippen molar-refractivity contribution in [2.24, 2.45) is 5.92 Å². The molecule has 0 bridgehead atoms. The highest BCUT2D eigenvalue weighted by molar-refractivity contribution is 6.17. The highest BCUT2D eigenvalue weighted by atomic mass is 16.7. The van der Waals surface area contributed by atoms with Crippen LogP contribution in [0.15, 0.2) is 53.8 Å². The first-order valence-electron chi connectivity index (χ1n) is 9.15. The number of ether oxygens (including phenoxy) is 2. The zero-order valence-electron chi connectivity index (χ0n) is 15.9. The lowest BCUT2D eigenvalue weighted by Crippen LogP contribution is -2.31. The zero-order valence-corrected chi connectivity index (χ0v) is 15.9. The Morgan fingerprint density at radius 2 is 1.89 bits per heavy atom. The van der Waals surface area contributed by atoms with E-state index in [2.05, 4.69) is 0 Å². The summed E-state index contributed by atoms with van der Waals surface area (Å²) in [6, 6.07) is 12.0. The van der Waals surface area contributed by atoms with Gasteiger partial charge in [0.2, 0.25) is 6.79 Å². The van der Waals surface area contributed by atoms with Crippen LogP contribution in [0.2, 0.25) is 0 Å². The van der Waals surface area contributed by atoms with Crippen molar-refractivity contribution >= 4 is 17.4 Å². The second kappa shape index (κ2) is 6.71. The van der Waals surface area contributed by atoms with E-state index in [1.165, 1.54) is 4.90 Å². The Morgan fingerprint density at radius 1 is 1.14 bits per heavy atom. The number of rotatable bonds is 4. The fourth-order valence-electron chi connectivity index (χ4n) is 3.62. The standard InChI is InChI=1S/C22H21NO5/c1-12(2)20(24)18-19(14-6-4-5-13(3)9-14)23(22(26)21(18)25)15-7-8-16-17(10-15)28-11-27-16/h4-10,12,19,25H,11H2,1-3H3. The van der Waals surface area contributed by atoms with Crippen molar-refractivity contribution in [3.63, 3.8) is 0 Å². The van der Waals surface area contributed by atoms with E-state index in [0.29, 0.717) is 17.2 Å². The molecule has 0 radical (unpaired) electrons. The number of anilines is 1. The minimum atomic E-state index is -0.706. The number of amides is 1. The van der Waals surface area contributed by atoms with Crippen LogP contribution in [0.4, 0.5) is 5.69 Å². The molecule has 0 aliphatic carbocycles. The van der Waals surface area contributed by atoms with Gasteiger partial charge < -0.3 is 14.6 Å². The fourth-order valence-corrected chi connectivity index (χ4v) is 3.62. The van der Waals surface area contributed by atoms with Crippen LogP contribution in [0, 0.1) is 12.8 Å². The van der Waals surface area contributed by atoms with Gasteiger partial charge >= 0.3 is 0 Å². The van der Waals surface area contributed by atoms with Crippen molar-refractivity contribution in [1.82, 2.24) is 0 Å². The van der Waals surface area contributed by atoms with Crippen molar-refractivity contribution in [3.8, 4) is 11.5 Å². The molecule has 2 aliphatic rings. The number of hydrogen-bond donors (Lipinski definition) is 1. The number of aryl methyl sites for hydroxylation is 1. The van der Waals surface area contributed by atoms with E-state index >= 15 is 0 Å². The van der Waals surface area contributed by atoms with Gasteiger partial charge in [-0.1, -0.05) is 43.7 Å². The van der Waals surface area contributed by atoms with Gasteiger partial charge in [-0.3, -0.25) is 14.5 Å². The zero-order chi connectivity index (χ0) is 20.0. The Morgan fingerprint density at radius 3 is 2.61 bits per heavy atom. The summed E-state index contributed by atoms with van der Waals surface area (Å²) in [5.41, 5.74) is 2.42. The maximum atomic E-state index is 13.0. The first kappa shape index (κ1) is 18.1. The van der Waals surface area contributed by atoms with Crippen LogP contribution in [-0.2, 0) is 9.59 Å². The number of benzene rings is 2. The maximum Gasteiger partial charge on any atom is 0.294 e. The first-order valence-corrected chi connectivity index (χ1v) is 9.15. The summed E-state index contributed by atoms with van der Waals surface area (Å²) in [7, 11) is 0. The third kappa shape index (κ3) is 2.81. The molecule has 1 N–H and O–H groups in total. The Bertz CT molecular complexity index is 1010. The molecule has 0 saturated heterocycles. The second-order valence-electron chi connectivity index (χ2n) is 7.31. The second-order valence-corrected chi connectivity index (χ2v) is 7.31. The molecule has 2 aliphatic heterocycles. The topological polar surface area (TPSA) is 76.1 Å². The van der Waals surface area contributed by atoms with Crippen molar-refractivity contribution in [2.75, 3.05) is 11.7 Å². The number of aliphatic hydroxyl groups excluding tert-OH is 1. The van der Waals surface area contributed by atoms with E-state index in [4.69, 9.17) is 9.47 Å². The van der Waals surface area contributed by atoms with E-state index in [1.54, 1.807) is 32.0 Å². The summed E-state index contributed by atoms with van der Waals surface area (Å²) in [5, 5.41) is 10.6. The van der Waals surface area contributed by atoms with Crippen LogP contribution in [0.3, 0.4) is 0 Å². The number of Topliss-reactive ketones (excluding diaryl/α,β-unsaturated/α-hetero) is 1. The molecule has 4 rings (SSSR count). The van der Waals surface area contributed by atoms with Crippen molar-refractivity contribution < 1.29 is 24.2 Å². The van der Waals surface area contributed by atoms with E-state index in [0.717, 1.165) is 11.1 Å². The van der Waals surface area contributed by atoms with Crippen molar-refractivity contribution in [1.29, 1.82) is 0 Å². The van der Waals surface area contributed by atoms with Crippen molar-refractivity contribution in [3.05, 3.63) is 64.9 Å². The fraction of sp³-hybridized carbons (Fsp3) is 0.273. The lowest BCUT2D eigenvalue weighted by Gasteiger charge is -2.27. The Labute approximate surface area is 163 Å². The molecule has 1 amide bonds. The SMILES string of the molecule is Cc1cccc(C2C(C(=O)C(C)C)=C(O)C(=O)N2c2ccc3c(c2)OCO3)c1. The summed E-state index contributed by atoms with van der Waals surface area (Å²) < 4.78 is 10.8. The summed E-state index contributed by atoms with van der Waals surface area (Å²) >= 11 is 0. The van der Waals surface area contributed by atoms with E-state index in [1.807, 2.05) is 31.2 Å². The van der Waals surface area contributed by atoms with Gasteiger partial charge in [0.15, 0.2) is 23.0 Å². The van der Waals surface area contributed by atoms with Crippen LogP contribution in [0.5, 0.6) is 11.5 Å². The monoisotopic (exact) mass is 379 g/mol. The molecule has 2 aromatic carbocycles. The number of hydrogen-bond acceptors (Lipinski definition) is 5. The Balaban J connectivity index is 1.87. The third-order valence-electron chi connectivity index (χ3n) is 4.99. The number of aliphatic hydroxyl groups is 1. The molecule has 6 nitrogen and oxygen atoms in total. The lowest BCUT2D eigenvalue weighted by molar-refractivity contribution is -0.119. The van der Waals surface area contributed by atoms with E-state index < -0.39 is 17.7 Å². The molecule has 0 fully saturated rings. The number of carbonyl (C=O) groups is 2. The summed E-state index contributed by atoms with van der Waals surface area (Å²) in [6.07, 6.45) is 0. The molecule has 28 heavy (non-hydrogen) atoms. The molecule has 2 aromatic rings. The van der Waals surface area contributed by atoms with Gasteiger partial charge in [-0.2, -0.15) is 0 Å². The van der Waals surface area contributed by atoms with Crippen LogP contribution in [0.25, 0.3) is 0 Å². The highest BCUT2D eigenvalue weighted by Gasteiger charge is 2.45. The minimum Gasteiger partial charge on any atom is -0.503 e. The number of ketones is 1. The largest absolute Gasteiger partial charge is 0.503 e. The molecule has 0 aromatic heterocycles. The predicted molar refractivity (Wildman–Crippen MR) is 103 cm³/mol. The van der Waals surface area contributed by atoms with Gasteiger partial charge in [0, 0.05) is 17.7 Å². The summed E-state index contributed by atoms with van der Waals surface area (Å²) in [5.74, 6) is -0.582. The van der Waals surface area contributed by atoms with Crippen LogP contribution >= 0.6 is 0 Å². The van der Waals surface area contributed by atoms with Gasteiger partial charge in [0.25, 0.3) is 5.91 Å². The van der Waals surface area contributed by atoms with Gasteiger partial charge in [0.1, 0.15) is 0 Å². The Hall–Kier alpha value is -3.28. The molecule has 0 saturated carbocycles. The third-order valence-corrected chi connectivity index (χ3v) is 4.99. The van der Waals surface area contributed by atoms with E-state index in [-0.39, 0.29) is 24.1 Å². The van der Waals surface area contributed by atoms with Gasteiger partial charge in [-0.05, 0) is 24.6 Å². The van der Waals surface area contributed by atoms with Crippen LogP contribution < -0.4 is 14.4 Å². The molecule has 6 heteroatoms. The smallest absolute Gasteiger partial charge is 0.294 e. The molecular weight excluding hydrogens is 358 g/mol. The average Bonchev–Trinajstić information content (AvgIpc) is 3.23. The van der Waals surface area contributed by atoms with E-state index in [9.17, 15) is 14.7 Å². The summed E-state index contributed by atoms with van der Waals surface area (Å²) in [4.78, 5) is 27.3. The molecule has 144 valence electrons. The van der Waals surface area contributed by atoms with Crippen LogP contribution in [0.1, 0.15) is 31.0 Å². The molecular formula is C22H21NO5. The van der Waals surface area contributed by atoms with Gasteiger partial charge in [0.05, 0.1) is 11.6 Å². The maximum absolute atomic E-state index is 13.0. The quantitative estimate of drug-likeness (QED) is 0.873. The average molecular weight is 379 g/mol. The van der Waals surface area contributed by atoms with Crippen LogP contribution in [-0.4, -0.2) is 23.6 Å². The summed E-state index contributed by atoms with van der Waals surface area (Å²) in [6.45, 7) is 5.57. The first-order chi connectivity index (χ1) is 13.4. The molecule has 2 heterocycles. The predicted octanol–water partition coefficient (Wildman–Crippen LogP) is 3.85. The highest BCUT2D eigenvalue weighted by Crippen LogP contribution is 2.44. The number of nitrogens with zero attached hydrogens (tertiary/aromatic N) is 1. The molecule has 1 atom stereocenters. The molecule has 1 unspecified atom stereocenters. The van der Waals surface area contributed by atoms with Gasteiger partial charge in [-0.15, -0.1) is 0 Å².